The van der Waals surface area contributed by atoms with Crippen LogP contribution in [-0.4, -0.2) is 21.7 Å². The Hall–Kier alpha value is -4.33. The van der Waals surface area contributed by atoms with Crippen molar-refractivity contribution in [1.82, 2.24) is 0 Å². The summed E-state index contributed by atoms with van der Waals surface area (Å²) < 4.78 is 13.5. The molecule has 0 bridgehead atoms. The molecule has 160 valence electrons. The van der Waals surface area contributed by atoms with Crippen LogP contribution < -0.4 is 4.90 Å². The lowest BCUT2D eigenvalue weighted by Crippen LogP contribution is -2.29. The van der Waals surface area contributed by atoms with Crippen LogP contribution in [-0.2, 0) is 9.59 Å². The third-order valence-corrected chi connectivity index (χ3v) is 5.27. The van der Waals surface area contributed by atoms with Gasteiger partial charge in [0.05, 0.1) is 16.5 Å². The lowest BCUT2D eigenvalue weighted by molar-refractivity contribution is -0.384. The maximum Gasteiger partial charge on any atom is 0.300 e. The van der Waals surface area contributed by atoms with E-state index in [0.29, 0.717) is 5.56 Å². The van der Waals surface area contributed by atoms with Crippen LogP contribution in [0.4, 0.5) is 15.8 Å². The number of aryl methyl sites for hydroxylation is 1. The van der Waals surface area contributed by atoms with Crippen molar-refractivity contribution in [2.24, 2.45) is 0 Å². The first-order valence-corrected chi connectivity index (χ1v) is 9.66. The monoisotopic (exact) mass is 432 g/mol. The molecular weight excluding hydrogens is 415 g/mol. The maximum absolute atomic E-state index is 13.5. The summed E-state index contributed by atoms with van der Waals surface area (Å²) in [5.74, 6) is -2.80. The topological polar surface area (TPSA) is 101 Å². The van der Waals surface area contributed by atoms with Gasteiger partial charge in [0.15, 0.2) is 0 Å². The van der Waals surface area contributed by atoms with Gasteiger partial charge in [-0.1, -0.05) is 42.0 Å². The number of benzene rings is 3. The van der Waals surface area contributed by atoms with E-state index in [-0.39, 0.29) is 22.5 Å². The molecule has 1 aliphatic heterocycles. The standard InChI is InChI=1S/C24H17FN2O5/c1-14-5-7-15(8-6-14)22(28)20-21(16-3-2-4-19(13-16)27(31)32)26(24(30)23(20)29)18-11-9-17(25)10-12-18/h2-13,21,28H,1H3/b22-20+. The fraction of sp³-hybridized carbons (Fsp3) is 0.0833. The molecule has 32 heavy (non-hydrogen) atoms. The number of aliphatic hydroxyl groups excluding tert-OH is 1. The second-order valence-electron chi connectivity index (χ2n) is 7.36. The zero-order valence-electron chi connectivity index (χ0n) is 16.9. The molecule has 0 aliphatic carbocycles. The molecule has 1 N–H and O–H groups in total. The summed E-state index contributed by atoms with van der Waals surface area (Å²) in [4.78, 5) is 37.9. The number of carbonyl (C=O) groups is 2. The number of carbonyl (C=O) groups excluding carboxylic acids is 2. The molecule has 4 rings (SSSR count). The molecule has 0 saturated carbocycles. The Morgan fingerprint density at radius 2 is 1.69 bits per heavy atom. The van der Waals surface area contributed by atoms with Gasteiger partial charge in [-0.2, -0.15) is 0 Å². The van der Waals surface area contributed by atoms with Crippen LogP contribution in [0.15, 0.2) is 78.4 Å². The number of nitro groups is 1. The second kappa shape index (κ2) is 8.07. The average molecular weight is 432 g/mol. The third kappa shape index (κ3) is 3.62. The predicted octanol–water partition coefficient (Wildman–Crippen LogP) is 4.67. The first-order valence-electron chi connectivity index (χ1n) is 9.66. The minimum Gasteiger partial charge on any atom is -0.507 e. The summed E-state index contributed by atoms with van der Waals surface area (Å²) >= 11 is 0. The molecule has 1 fully saturated rings. The van der Waals surface area contributed by atoms with Crippen LogP contribution in [0.5, 0.6) is 0 Å². The van der Waals surface area contributed by atoms with E-state index < -0.39 is 34.2 Å². The Labute approximate surface area is 182 Å². The van der Waals surface area contributed by atoms with E-state index in [1.807, 2.05) is 6.92 Å². The van der Waals surface area contributed by atoms with E-state index in [4.69, 9.17) is 0 Å². The van der Waals surface area contributed by atoms with Gasteiger partial charge in [-0.15, -0.1) is 0 Å². The molecule has 3 aromatic carbocycles. The van der Waals surface area contributed by atoms with Gasteiger partial charge in [0, 0.05) is 23.4 Å². The van der Waals surface area contributed by atoms with Gasteiger partial charge in [0.25, 0.3) is 17.4 Å². The molecule has 1 saturated heterocycles. The number of aliphatic hydroxyl groups is 1. The maximum atomic E-state index is 13.5. The summed E-state index contributed by atoms with van der Waals surface area (Å²) in [6.07, 6.45) is 0. The number of nitrogens with zero attached hydrogens (tertiary/aromatic N) is 2. The van der Waals surface area contributed by atoms with Gasteiger partial charge in [-0.3, -0.25) is 24.6 Å². The van der Waals surface area contributed by atoms with Crippen molar-refractivity contribution < 1.29 is 24.0 Å². The number of hydrogen-bond donors (Lipinski definition) is 1. The van der Waals surface area contributed by atoms with E-state index >= 15 is 0 Å². The van der Waals surface area contributed by atoms with E-state index in [1.54, 1.807) is 24.3 Å². The lowest BCUT2D eigenvalue weighted by atomic mass is 9.94. The summed E-state index contributed by atoms with van der Waals surface area (Å²) in [5, 5.41) is 22.3. The number of Topliss-reactive ketones (excluding diaryl/α,β-unsaturated/α-hetero) is 1. The predicted molar refractivity (Wildman–Crippen MR) is 115 cm³/mol. The normalized spacial score (nSPS) is 17.6. The summed E-state index contributed by atoms with van der Waals surface area (Å²) in [6, 6.07) is 16.0. The first kappa shape index (κ1) is 20.9. The fourth-order valence-electron chi connectivity index (χ4n) is 3.69. The minimum atomic E-state index is -1.14. The summed E-state index contributed by atoms with van der Waals surface area (Å²) in [5.41, 5.74) is 1.29. The smallest absolute Gasteiger partial charge is 0.300 e. The molecule has 8 heteroatoms. The molecule has 0 spiro atoms. The van der Waals surface area contributed by atoms with Crippen molar-refractivity contribution >= 4 is 28.8 Å². The van der Waals surface area contributed by atoms with Crippen LogP contribution in [0.25, 0.3) is 5.76 Å². The highest BCUT2D eigenvalue weighted by Gasteiger charge is 2.47. The quantitative estimate of drug-likeness (QED) is 0.212. The molecule has 1 amide bonds. The molecule has 1 unspecified atom stereocenters. The minimum absolute atomic E-state index is 0.205. The lowest BCUT2D eigenvalue weighted by Gasteiger charge is -2.25. The van der Waals surface area contributed by atoms with E-state index in [1.165, 1.54) is 36.4 Å². The Morgan fingerprint density at radius 1 is 1.03 bits per heavy atom. The Kier molecular flexibility index (Phi) is 5.28. The number of halogens is 1. The van der Waals surface area contributed by atoms with Crippen LogP contribution in [0.1, 0.15) is 22.7 Å². The summed E-state index contributed by atoms with van der Waals surface area (Å²) in [6.45, 7) is 1.86. The molecule has 1 heterocycles. The van der Waals surface area contributed by atoms with Crippen LogP contribution in [0.3, 0.4) is 0 Å². The van der Waals surface area contributed by atoms with Gasteiger partial charge >= 0.3 is 0 Å². The first-order chi connectivity index (χ1) is 15.3. The van der Waals surface area contributed by atoms with Gasteiger partial charge in [0.1, 0.15) is 11.6 Å². The number of hydrogen-bond acceptors (Lipinski definition) is 5. The SMILES string of the molecule is Cc1ccc(/C(O)=C2\C(=O)C(=O)N(c3ccc(F)cc3)C2c2cccc([N+](=O)[O-])c2)cc1. The number of nitro benzene ring substituents is 1. The van der Waals surface area contributed by atoms with Crippen LogP contribution in [0, 0.1) is 22.9 Å². The molecule has 7 nitrogen and oxygen atoms in total. The van der Waals surface area contributed by atoms with E-state index in [0.717, 1.165) is 22.6 Å². The number of amides is 1. The zero-order chi connectivity index (χ0) is 23.0. The molecular formula is C24H17FN2O5. The molecule has 3 aromatic rings. The van der Waals surface area contributed by atoms with Crippen molar-refractivity contribution in [2.45, 2.75) is 13.0 Å². The average Bonchev–Trinajstić information content (AvgIpc) is 3.05. The van der Waals surface area contributed by atoms with Crippen LogP contribution in [0.2, 0.25) is 0 Å². The molecule has 1 atom stereocenters. The highest BCUT2D eigenvalue weighted by molar-refractivity contribution is 6.51. The number of anilines is 1. The molecule has 1 aliphatic rings. The largest absolute Gasteiger partial charge is 0.507 e. The fourth-order valence-corrected chi connectivity index (χ4v) is 3.69. The highest BCUT2D eigenvalue weighted by atomic mass is 19.1. The van der Waals surface area contributed by atoms with Crippen molar-refractivity contribution in [2.75, 3.05) is 4.90 Å². The summed E-state index contributed by atoms with van der Waals surface area (Å²) in [7, 11) is 0. The molecule has 0 radical (unpaired) electrons. The number of ketones is 1. The van der Waals surface area contributed by atoms with E-state index in [9.17, 15) is 29.2 Å². The van der Waals surface area contributed by atoms with Gasteiger partial charge in [-0.05, 0) is 36.8 Å². The zero-order valence-corrected chi connectivity index (χ0v) is 16.9. The van der Waals surface area contributed by atoms with Crippen molar-refractivity contribution in [3.8, 4) is 0 Å². The second-order valence-corrected chi connectivity index (χ2v) is 7.36. The van der Waals surface area contributed by atoms with Crippen molar-refractivity contribution in [3.63, 3.8) is 0 Å². The van der Waals surface area contributed by atoms with Crippen LogP contribution >= 0.6 is 0 Å². The Balaban J connectivity index is 1.96. The Morgan fingerprint density at radius 3 is 2.31 bits per heavy atom. The van der Waals surface area contributed by atoms with Gasteiger partial charge in [0.2, 0.25) is 0 Å². The number of rotatable bonds is 4. The van der Waals surface area contributed by atoms with E-state index in [2.05, 4.69) is 0 Å². The van der Waals surface area contributed by atoms with Gasteiger partial charge in [-0.25, -0.2) is 4.39 Å². The third-order valence-electron chi connectivity index (χ3n) is 5.27. The Bertz CT molecular complexity index is 1270. The van der Waals surface area contributed by atoms with Gasteiger partial charge < -0.3 is 5.11 Å². The van der Waals surface area contributed by atoms with Crippen molar-refractivity contribution in [1.29, 1.82) is 0 Å². The highest BCUT2D eigenvalue weighted by Crippen LogP contribution is 2.42. The molecule has 0 aromatic heterocycles. The van der Waals surface area contributed by atoms with Crippen molar-refractivity contribution in [3.05, 3.63) is 111 Å². The number of non-ortho nitro benzene ring substituents is 1.